The van der Waals surface area contributed by atoms with Gasteiger partial charge in [-0.2, -0.15) is 13.2 Å². The summed E-state index contributed by atoms with van der Waals surface area (Å²) in [7, 11) is 0. The van der Waals surface area contributed by atoms with E-state index in [1.54, 1.807) is 6.07 Å². The van der Waals surface area contributed by atoms with Gasteiger partial charge in [-0.15, -0.1) is 0 Å². The SMILES string of the molecule is O=C(C1CCCC1O)N1CC(O)CC1c1cccc(C(F)(F)F)c1. The highest BCUT2D eigenvalue weighted by Gasteiger charge is 2.42. The zero-order valence-electron chi connectivity index (χ0n) is 13.0. The molecule has 0 radical (unpaired) electrons. The molecule has 1 amide bonds. The molecule has 1 saturated heterocycles. The number of carbonyl (C=O) groups excluding carboxylic acids is 1. The highest BCUT2D eigenvalue weighted by Crippen LogP contribution is 2.38. The molecule has 7 heteroatoms. The molecule has 24 heavy (non-hydrogen) atoms. The maximum atomic E-state index is 12.9. The quantitative estimate of drug-likeness (QED) is 0.867. The lowest BCUT2D eigenvalue weighted by Crippen LogP contribution is -2.39. The Hall–Kier alpha value is -1.60. The fraction of sp³-hybridized carbons (Fsp3) is 0.588. The van der Waals surface area contributed by atoms with Crippen LogP contribution in [-0.2, 0) is 11.0 Å². The third-order valence-corrected chi connectivity index (χ3v) is 4.96. The van der Waals surface area contributed by atoms with Crippen molar-refractivity contribution < 1.29 is 28.2 Å². The molecule has 0 spiro atoms. The van der Waals surface area contributed by atoms with Crippen LogP contribution in [0.4, 0.5) is 13.2 Å². The molecule has 1 heterocycles. The second kappa shape index (κ2) is 6.37. The minimum Gasteiger partial charge on any atom is -0.392 e. The summed E-state index contributed by atoms with van der Waals surface area (Å²) in [4.78, 5) is 14.1. The van der Waals surface area contributed by atoms with Crippen LogP contribution in [-0.4, -0.2) is 39.8 Å². The van der Waals surface area contributed by atoms with Crippen molar-refractivity contribution in [1.82, 2.24) is 4.90 Å². The zero-order valence-corrected chi connectivity index (χ0v) is 13.0. The van der Waals surface area contributed by atoms with E-state index in [-0.39, 0.29) is 18.9 Å². The predicted octanol–water partition coefficient (Wildman–Crippen LogP) is 2.50. The lowest BCUT2D eigenvalue weighted by Gasteiger charge is -2.29. The average Bonchev–Trinajstić information content (AvgIpc) is 3.12. The topological polar surface area (TPSA) is 60.8 Å². The van der Waals surface area contributed by atoms with Gasteiger partial charge in [0.2, 0.25) is 5.91 Å². The fourth-order valence-electron chi connectivity index (χ4n) is 3.74. The van der Waals surface area contributed by atoms with Crippen LogP contribution < -0.4 is 0 Å². The van der Waals surface area contributed by atoms with Crippen LogP contribution in [0.5, 0.6) is 0 Å². The summed E-state index contributed by atoms with van der Waals surface area (Å²) in [5.41, 5.74) is -0.406. The smallest absolute Gasteiger partial charge is 0.392 e. The van der Waals surface area contributed by atoms with Gasteiger partial charge in [0.05, 0.1) is 29.7 Å². The summed E-state index contributed by atoms with van der Waals surface area (Å²) in [6.45, 7) is 0.0863. The number of hydrogen-bond acceptors (Lipinski definition) is 3. The Morgan fingerprint density at radius 2 is 1.96 bits per heavy atom. The number of β-amino-alcohol motifs (C(OH)–C–C–N with tert-alkyl or cyclic N) is 1. The molecule has 2 fully saturated rings. The zero-order chi connectivity index (χ0) is 17.5. The van der Waals surface area contributed by atoms with Crippen molar-refractivity contribution in [3.8, 4) is 0 Å². The van der Waals surface area contributed by atoms with Gasteiger partial charge in [0.1, 0.15) is 0 Å². The van der Waals surface area contributed by atoms with Gasteiger partial charge in [-0.3, -0.25) is 4.79 Å². The van der Waals surface area contributed by atoms with E-state index in [1.807, 2.05) is 0 Å². The van der Waals surface area contributed by atoms with Crippen molar-refractivity contribution in [2.45, 2.75) is 50.1 Å². The number of benzene rings is 1. The first kappa shape index (κ1) is 17.2. The normalized spacial score (nSPS) is 30.8. The number of aliphatic hydroxyl groups is 2. The summed E-state index contributed by atoms with van der Waals surface area (Å²) < 4.78 is 38.8. The number of halogens is 3. The highest BCUT2D eigenvalue weighted by atomic mass is 19.4. The summed E-state index contributed by atoms with van der Waals surface area (Å²) in [6.07, 6.45) is -3.85. The number of nitrogens with zero attached hydrogens (tertiary/aromatic N) is 1. The molecule has 132 valence electrons. The van der Waals surface area contributed by atoms with Crippen molar-refractivity contribution >= 4 is 5.91 Å². The maximum absolute atomic E-state index is 12.9. The Morgan fingerprint density at radius 3 is 2.58 bits per heavy atom. The number of rotatable bonds is 2. The second-order valence-electron chi connectivity index (χ2n) is 6.62. The Kier molecular flexibility index (Phi) is 4.57. The molecule has 1 aliphatic heterocycles. The van der Waals surface area contributed by atoms with Crippen LogP contribution >= 0.6 is 0 Å². The van der Waals surface area contributed by atoms with Crippen LogP contribution in [0.15, 0.2) is 24.3 Å². The summed E-state index contributed by atoms with van der Waals surface area (Å²) in [6, 6.07) is 4.29. The van der Waals surface area contributed by atoms with Crippen LogP contribution in [0.1, 0.15) is 42.9 Å². The van der Waals surface area contributed by atoms with Gasteiger partial charge in [-0.05, 0) is 43.4 Å². The molecule has 0 aromatic heterocycles. The predicted molar refractivity (Wildman–Crippen MR) is 79.9 cm³/mol. The van der Waals surface area contributed by atoms with Crippen molar-refractivity contribution in [3.63, 3.8) is 0 Å². The van der Waals surface area contributed by atoms with Crippen molar-refractivity contribution in [3.05, 3.63) is 35.4 Å². The van der Waals surface area contributed by atoms with Gasteiger partial charge in [0.15, 0.2) is 0 Å². The lowest BCUT2D eigenvalue weighted by atomic mass is 9.99. The lowest BCUT2D eigenvalue weighted by molar-refractivity contribution is -0.139. The van der Waals surface area contributed by atoms with Crippen LogP contribution in [0.2, 0.25) is 0 Å². The average molecular weight is 343 g/mol. The van der Waals surface area contributed by atoms with Crippen LogP contribution in [0, 0.1) is 5.92 Å². The van der Waals surface area contributed by atoms with Gasteiger partial charge >= 0.3 is 6.18 Å². The maximum Gasteiger partial charge on any atom is 0.416 e. The second-order valence-corrected chi connectivity index (χ2v) is 6.62. The molecular weight excluding hydrogens is 323 g/mol. The van der Waals surface area contributed by atoms with Crippen LogP contribution in [0.3, 0.4) is 0 Å². The third-order valence-electron chi connectivity index (χ3n) is 4.96. The summed E-state index contributed by atoms with van der Waals surface area (Å²) in [5.74, 6) is -0.803. The number of amides is 1. The molecule has 4 nitrogen and oxygen atoms in total. The van der Waals surface area contributed by atoms with E-state index in [9.17, 15) is 28.2 Å². The third kappa shape index (κ3) is 3.28. The van der Waals surface area contributed by atoms with Gasteiger partial charge in [0.25, 0.3) is 0 Å². The van der Waals surface area contributed by atoms with E-state index in [0.717, 1.165) is 18.6 Å². The molecule has 3 rings (SSSR count). The Bertz CT molecular complexity index is 619. The van der Waals surface area contributed by atoms with E-state index in [0.29, 0.717) is 18.4 Å². The number of aliphatic hydroxyl groups excluding tert-OH is 2. The Balaban J connectivity index is 1.87. The highest BCUT2D eigenvalue weighted by molar-refractivity contribution is 5.80. The van der Waals surface area contributed by atoms with Gasteiger partial charge in [-0.1, -0.05) is 12.1 Å². The first-order chi connectivity index (χ1) is 11.3. The Labute approximate surface area is 137 Å². The number of likely N-dealkylation sites (tertiary alicyclic amines) is 1. The van der Waals surface area contributed by atoms with E-state index in [2.05, 4.69) is 0 Å². The number of carbonyl (C=O) groups is 1. The fourth-order valence-corrected chi connectivity index (χ4v) is 3.74. The summed E-state index contributed by atoms with van der Waals surface area (Å²) >= 11 is 0. The molecule has 0 bridgehead atoms. The minimum atomic E-state index is -4.45. The van der Waals surface area contributed by atoms with Gasteiger partial charge in [0, 0.05) is 6.54 Å². The number of hydrogen-bond donors (Lipinski definition) is 2. The molecule has 1 aromatic carbocycles. The largest absolute Gasteiger partial charge is 0.416 e. The molecule has 4 atom stereocenters. The first-order valence-electron chi connectivity index (χ1n) is 8.11. The number of alkyl halides is 3. The van der Waals surface area contributed by atoms with Crippen molar-refractivity contribution in [2.24, 2.45) is 5.92 Å². The molecule has 4 unspecified atom stereocenters. The molecule has 2 N–H and O–H groups in total. The molecule has 1 aliphatic carbocycles. The molecule has 1 saturated carbocycles. The van der Waals surface area contributed by atoms with Gasteiger partial charge < -0.3 is 15.1 Å². The summed E-state index contributed by atoms with van der Waals surface area (Å²) in [5, 5.41) is 19.9. The monoisotopic (exact) mass is 343 g/mol. The van der Waals surface area contributed by atoms with E-state index in [4.69, 9.17) is 0 Å². The van der Waals surface area contributed by atoms with E-state index < -0.39 is 35.9 Å². The minimum absolute atomic E-state index is 0.0863. The van der Waals surface area contributed by atoms with E-state index >= 15 is 0 Å². The van der Waals surface area contributed by atoms with Gasteiger partial charge in [-0.25, -0.2) is 0 Å². The molecule has 2 aliphatic rings. The van der Waals surface area contributed by atoms with Crippen molar-refractivity contribution in [1.29, 1.82) is 0 Å². The van der Waals surface area contributed by atoms with Crippen LogP contribution in [0.25, 0.3) is 0 Å². The van der Waals surface area contributed by atoms with Crippen molar-refractivity contribution in [2.75, 3.05) is 6.54 Å². The standard InChI is InChI=1S/C17H20F3NO3/c18-17(19,20)11-4-1-3-10(7-11)14-8-12(22)9-21(14)16(24)13-5-2-6-15(13)23/h1,3-4,7,12-15,22-23H,2,5-6,8-9H2. The Morgan fingerprint density at radius 1 is 1.21 bits per heavy atom. The first-order valence-corrected chi connectivity index (χ1v) is 8.11. The van der Waals surface area contributed by atoms with E-state index in [1.165, 1.54) is 11.0 Å². The molecular formula is C17H20F3NO3. The molecule has 1 aromatic rings.